The molecule has 1 rings (SSSR count). The van der Waals surface area contributed by atoms with Gasteiger partial charge in [-0.25, -0.2) is 8.42 Å². The van der Waals surface area contributed by atoms with Crippen molar-refractivity contribution in [3.8, 4) is 0 Å². The average Bonchev–Trinajstić information content (AvgIpc) is 1.85. The van der Waals surface area contributed by atoms with Gasteiger partial charge in [-0.1, -0.05) is 0 Å². The van der Waals surface area contributed by atoms with Crippen LogP contribution in [0, 0.1) is 12.2 Å². The summed E-state index contributed by atoms with van der Waals surface area (Å²) in [5.41, 5.74) is 0. The Labute approximate surface area is 67.7 Å². The highest BCUT2D eigenvalue weighted by atomic mass is 32.2. The molecule has 0 aliphatic carbocycles. The fraction of sp³-hybridized carbons (Fsp3) is 0.857. The van der Waals surface area contributed by atoms with Crippen LogP contribution in [-0.2, 0) is 14.6 Å². The van der Waals surface area contributed by atoms with E-state index in [1.165, 1.54) is 0 Å². The van der Waals surface area contributed by atoms with E-state index in [2.05, 4.69) is 6.26 Å². The van der Waals surface area contributed by atoms with Crippen LogP contribution in [0.25, 0.3) is 0 Å². The molecule has 1 aliphatic rings. The summed E-state index contributed by atoms with van der Waals surface area (Å²) in [6.45, 7) is 1.39. The van der Waals surface area contributed by atoms with Crippen molar-refractivity contribution in [3.05, 3.63) is 6.26 Å². The van der Waals surface area contributed by atoms with Crippen LogP contribution in [0.15, 0.2) is 0 Å². The predicted octanol–water partition coefficient (Wildman–Crippen LogP) is 0.619. The van der Waals surface area contributed by atoms with E-state index in [0.717, 1.165) is 12.8 Å². The fourth-order valence-corrected chi connectivity index (χ4v) is 2.32. The van der Waals surface area contributed by atoms with Crippen molar-refractivity contribution in [2.24, 2.45) is 5.92 Å². The van der Waals surface area contributed by atoms with Gasteiger partial charge in [0.1, 0.15) is 0 Å². The molecule has 1 fully saturated rings. The van der Waals surface area contributed by atoms with Crippen LogP contribution in [-0.4, -0.2) is 27.4 Å². The van der Waals surface area contributed by atoms with Gasteiger partial charge in [-0.2, -0.15) is 0 Å². The maximum Gasteiger partial charge on any atom is 0.151 e. The minimum absolute atomic E-state index is 0.219. The number of sulfone groups is 1. The van der Waals surface area contributed by atoms with Gasteiger partial charge in [0.15, 0.2) is 9.84 Å². The third-order valence-corrected chi connectivity index (χ3v) is 2.81. The van der Waals surface area contributed by atoms with Crippen LogP contribution in [0.3, 0.4) is 0 Å². The normalized spacial score (nSPS) is 21.9. The average molecular weight is 177 g/mol. The number of hydrogen-bond acceptors (Lipinski definition) is 3. The van der Waals surface area contributed by atoms with Gasteiger partial charge >= 0.3 is 0 Å². The van der Waals surface area contributed by atoms with Crippen molar-refractivity contribution in [1.29, 1.82) is 0 Å². The number of rotatable bonds is 2. The van der Waals surface area contributed by atoms with Crippen molar-refractivity contribution < 1.29 is 13.2 Å². The zero-order chi connectivity index (χ0) is 8.32. The Morgan fingerprint density at radius 1 is 1.36 bits per heavy atom. The lowest BCUT2D eigenvalue weighted by molar-refractivity contribution is 0.0724. The third-order valence-electron chi connectivity index (χ3n) is 1.83. The monoisotopic (exact) mass is 177 g/mol. The van der Waals surface area contributed by atoms with E-state index in [1.54, 1.807) is 0 Å². The van der Waals surface area contributed by atoms with E-state index in [-0.39, 0.29) is 11.7 Å². The molecule has 11 heavy (non-hydrogen) atoms. The molecule has 0 N–H and O–H groups in total. The molecular weight excluding hydrogens is 164 g/mol. The Hall–Kier alpha value is -0.0900. The van der Waals surface area contributed by atoms with Crippen LogP contribution >= 0.6 is 0 Å². The largest absolute Gasteiger partial charge is 0.381 e. The van der Waals surface area contributed by atoms with E-state index in [4.69, 9.17) is 4.74 Å². The van der Waals surface area contributed by atoms with Gasteiger partial charge < -0.3 is 4.74 Å². The Bertz CT molecular complexity index is 202. The summed E-state index contributed by atoms with van der Waals surface area (Å²) >= 11 is 0. The van der Waals surface area contributed by atoms with E-state index in [0.29, 0.717) is 13.2 Å². The van der Waals surface area contributed by atoms with Gasteiger partial charge in [-0.15, -0.1) is 0 Å². The molecule has 0 unspecified atom stereocenters. The molecule has 0 spiro atoms. The summed E-state index contributed by atoms with van der Waals surface area (Å²) in [5, 5.41) is 0. The molecule has 4 heteroatoms. The second-order valence-electron chi connectivity index (χ2n) is 2.97. The van der Waals surface area contributed by atoms with E-state index in [9.17, 15) is 8.42 Å². The zero-order valence-electron chi connectivity index (χ0n) is 6.45. The highest BCUT2D eigenvalue weighted by Crippen LogP contribution is 2.16. The SMILES string of the molecule is [CH2]S(=O)(=O)CC1CCOCC1. The summed E-state index contributed by atoms with van der Waals surface area (Å²) in [7, 11) is -3.03. The third kappa shape index (κ3) is 3.72. The highest BCUT2D eigenvalue weighted by molar-refractivity contribution is 7.92. The molecular formula is C7H13O3S. The van der Waals surface area contributed by atoms with Gasteiger partial charge in [0.2, 0.25) is 0 Å². The molecule has 0 aromatic rings. The number of ether oxygens (including phenoxy) is 1. The molecule has 1 saturated heterocycles. The second kappa shape index (κ2) is 3.54. The first-order valence-corrected chi connectivity index (χ1v) is 5.53. The fourth-order valence-electron chi connectivity index (χ4n) is 1.27. The maximum atomic E-state index is 10.7. The molecule has 1 radical (unpaired) electrons. The lowest BCUT2D eigenvalue weighted by Crippen LogP contribution is -2.22. The quantitative estimate of drug-likeness (QED) is 0.621. The van der Waals surface area contributed by atoms with Gasteiger partial charge in [-0.3, -0.25) is 0 Å². The van der Waals surface area contributed by atoms with E-state index in [1.807, 2.05) is 0 Å². The minimum Gasteiger partial charge on any atom is -0.381 e. The molecule has 1 aliphatic heterocycles. The molecule has 0 aromatic heterocycles. The molecule has 65 valence electrons. The second-order valence-corrected chi connectivity index (χ2v) is 4.79. The van der Waals surface area contributed by atoms with Gasteiger partial charge in [0, 0.05) is 13.2 Å². The van der Waals surface area contributed by atoms with Crippen LogP contribution in [0.5, 0.6) is 0 Å². The standard InChI is InChI=1S/C7H13O3S/c1-11(8,9)6-7-2-4-10-5-3-7/h7H,1-6H2. The molecule has 0 bridgehead atoms. The Morgan fingerprint density at radius 2 is 1.91 bits per heavy atom. The Balaban J connectivity index is 2.36. The molecule has 1 heterocycles. The van der Waals surface area contributed by atoms with Crippen LogP contribution < -0.4 is 0 Å². The summed E-state index contributed by atoms with van der Waals surface area (Å²) in [6.07, 6.45) is 4.81. The van der Waals surface area contributed by atoms with Crippen molar-refractivity contribution in [2.75, 3.05) is 19.0 Å². The molecule has 0 amide bonds. The summed E-state index contributed by atoms with van der Waals surface area (Å²) in [5.74, 6) is 0.488. The van der Waals surface area contributed by atoms with E-state index < -0.39 is 9.84 Å². The number of hydrogen-bond donors (Lipinski definition) is 0. The lowest BCUT2D eigenvalue weighted by Gasteiger charge is -2.20. The highest BCUT2D eigenvalue weighted by Gasteiger charge is 2.18. The molecule has 3 nitrogen and oxygen atoms in total. The first kappa shape index (κ1) is 9.00. The summed E-state index contributed by atoms with van der Waals surface area (Å²) in [6, 6.07) is 0. The Morgan fingerprint density at radius 3 is 2.36 bits per heavy atom. The van der Waals surface area contributed by atoms with Gasteiger partial charge in [-0.05, 0) is 18.8 Å². The Kier molecular flexibility index (Phi) is 2.90. The topological polar surface area (TPSA) is 43.4 Å². The van der Waals surface area contributed by atoms with E-state index >= 15 is 0 Å². The van der Waals surface area contributed by atoms with Gasteiger partial charge in [0.05, 0.1) is 12.0 Å². The predicted molar refractivity (Wildman–Crippen MR) is 42.7 cm³/mol. The van der Waals surface area contributed by atoms with Gasteiger partial charge in [0.25, 0.3) is 0 Å². The van der Waals surface area contributed by atoms with Crippen LogP contribution in [0.1, 0.15) is 12.8 Å². The van der Waals surface area contributed by atoms with Crippen molar-refractivity contribution in [2.45, 2.75) is 12.8 Å². The van der Waals surface area contributed by atoms with Crippen molar-refractivity contribution in [3.63, 3.8) is 0 Å². The summed E-state index contributed by atoms with van der Waals surface area (Å²) in [4.78, 5) is 0. The summed E-state index contributed by atoms with van der Waals surface area (Å²) < 4.78 is 26.6. The smallest absolute Gasteiger partial charge is 0.151 e. The van der Waals surface area contributed by atoms with Crippen LogP contribution in [0.2, 0.25) is 0 Å². The molecule has 0 saturated carbocycles. The first-order chi connectivity index (χ1) is 5.08. The molecule has 0 aromatic carbocycles. The van der Waals surface area contributed by atoms with Crippen LogP contribution in [0.4, 0.5) is 0 Å². The molecule has 0 atom stereocenters. The van der Waals surface area contributed by atoms with Crippen molar-refractivity contribution >= 4 is 9.84 Å². The minimum atomic E-state index is -3.03. The lowest BCUT2D eigenvalue weighted by atomic mass is 10.0. The maximum absolute atomic E-state index is 10.7. The zero-order valence-corrected chi connectivity index (χ0v) is 7.27. The first-order valence-electron chi connectivity index (χ1n) is 3.71. The van der Waals surface area contributed by atoms with Crippen molar-refractivity contribution in [1.82, 2.24) is 0 Å².